The molecule has 7 heteroatoms. The van der Waals surface area contributed by atoms with Gasteiger partial charge in [-0.05, 0) is 55.3 Å². The van der Waals surface area contributed by atoms with Crippen LogP contribution in [0.5, 0.6) is 11.5 Å². The molecule has 0 unspecified atom stereocenters. The summed E-state index contributed by atoms with van der Waals surface area (Å²) in [6, 6.07) is 15.7. The normalized spacial score (nSPS) is 11.0. The van der Waals surface area contributed by atoms with Gasteiger partial charge < -0.3 is 19.4 Å². The summed E-state index contributed by atoms with van der Waals surface area (Å²) in [5.41, 5.74) is 1.93. The molecule has 1 heterocycles. The highest BCUT2D eigenvalue weighted by atomic mass is 35.5. The summed E-state index contributed by atoms with van der Waals surface area (Å²) in [6.07, 6.45) is 4.72. The number of halogens is 1. The standard InChI is InChI=1S/C25H25ClN2O4/c1-17(2)32-22-11-8-18(14-23(22)31-3)9-12-24(29)27-20-10-13-25(30)28(16-20)15-19-6-4-5-7-21(19)26/h4-14,16-17H,15H2,1-3H3,(H,27,29). The number of methoxy groups -OCH3 is 1. The highest BCUT2D eigenvalue weighted by Gasteiger charge is 2.08. The smallest absolute Gasteiger partial charge is 0.250 e. The van der Waals surface area contributed by atoms with Gasteiger partial charge in [-0.3, -0.25) is 9.59 Å². The fraction of sp³-hybridized carbons (Fsp3) is 0.200. The second-order valence-electron chi connectivity index (χ2n) is 7.37. The van der Waals surface area contributed by atoms with E-state index >= 15 is 0 Å². The fourth-order valence-electron chi connectivity index (χ4n) is 3.03. The molecular formula is C25H25ClN2O4. The maximum Gasteiger partial charge on any atom is 0.250 e. The average Bonchev–Trinajstić information content (AvgIpc) is 2.76. The Balaban J connectivity index is 1.70. The van der Waals surface area contributed by atoms with Crippen molar-refractivity contribution < 1.29 is 14.3 Å². The van der Waals surface area contributed by atoms with E-state index in [0.29, 0.717) is 28.8 Å². The Bertz CT molecular complexity index is 1180. The molecule has 2 aromatic carbocycles. The van der Waals surface area contributed by atoms with E-state index in [1.807, 2.05) is 38.1 Å². The Hall–Kier alpha value is -3.51. The third kappa shape index (κ3) is 6.25. The molecule has 166 valence electrons. The highest BCUT2D eigenvalue weighted by molar-refractivity contribution is 6.31. The van der Waals surface area contributed by atoms with Crippen molar-refractivity contribution in [2.75, 3.05) is 12.4 Å². The summed E-state index contributed by atoms with van der Waals surface area (Å²) >= 11 is 6.19. The molecule has 6 nitrogen and oxygen atoms in total. The summed E-state index contributed by atoms with van der Waals surface area (Å²) in [6.45, 7) is 4.19. The number of carbonyl (C=O) groups excluding carboxylic acids is 1. The zero-order chi connectivity index (χ0) is 23.1. The molecule has 0 aliphatic rings. The monoisotopic (exact) mass is 452 g/mol. The first-order valence-electron chi connectivity index (χ1n) is 10.1. The van der Waals surface area contributed by atoms with E-state index < -0.39 is 0 Å². The molecule has 0 spiro atoms. The van der Waals surface area contributed by atoms with Gasteiger partial charge in [0.25, 0.3) is 5.56 Å². The van der Waals surface area contributed by atoms with Gasteiger partial charge in [0, 0.05) is 23.4 Å². The van der Waals surface area contributed by atoms with E-state index in [2.05, 4.69) is 5.32 Å². The third-order valence-electron chi connectivity index (χ3n) is 4.53. The first kappa shape index (κ1) is 23.2. The zero-order valence-corrected chi connectivity index (χ0v) is 18.9. The van der Waals surface area contributed by atoms with Gasteiger partial charge in [0.1, 0.15) is 0 Å². The first-order valence-corrected chi connectivity index (χ1v) is 10.5. The molecular weight excluding hydrogens is 428 g/mol. The number of ether oxygens (including phenoxy) is 2. The number of pyridine rings is 1. The summed E-state index contributed by atoms with van der Waals surface area (Å²) in [5, 5.41) is 3.35. The predicted octanol–water partition coefficient (Wildman–Crippen LogP) is 5.00. The Morgan fingerprint density at radius 1 is 1.12 bits per heavy atom. The van der Waals surface area contributed by atoms with Crippen molar-refractivity contribution in [3.05, 3.63) is 93.4 Å². The van der Waals surface area contributed by atoms with Crippen molar-refractivity contribution in [1.82, 2.24) is 4.57 Å². The molecule has 0 radical (unpaired) electrons. The van der Waals surface area contributed by atoms with Gasteiger partial charge in [-0.25, -0.2) is 0 Å². The number of aromatic nitrogens is 1. The van der Waals surface area contributed by atoms with Gasteiger partial charge in [0.15, 0.2) is 11.5 Å². The first-order chi connectivity index (χ1) is 15.4. The second-order valence-corrected chi connectivity index (χ2v) is 7.78. The Morgan fingerprint density at radius 3 is 2.62 bits per heavy atom. The maximum absolute atomic E-state index is 12.4. The molecule has 0 fully saturated rings. The van der Waals surface area contributed by atoms with Crippen LogP contribution in [0.2, 0.25) is 5.02 Å². The lowest BCUT2D eigenvalue weighted by molar-refractivity contribution is -0.111. The van der Waals surface area contributed by atoms with Crippen molar-refractivity contribution in [3.63, 3.8) is 0 Å². The minimum Gasteiger partial charge on any atom is -0.493 e. The van der Waals surface area contributed by atoms with Crippen LogP contribution in [0.15, 0.2) is 71.7 Å². The van der Waals surface area contributed by atoms with Crippen LogP contribution in [0, 0.1) is 0 Å². The van der Waals surface area contributed by atoms with Crippen molar-refractivity contribution in [2.24, 2.45) is 0 Å². The molecule has 0 saturated heterocycles. The fourth-order valence-corrected chi connectivity index (χ4v) is 3.23. The molecule has 3 aromatic rings. The topological polar surface area (TPSA) is 69.6 Å². The molecule has 0 bridgehead atoms. The molecule has 0 aliphatic heterocycles. The largest absolute Gasteiger partial charge is 0.493 e. The SMILES string of the molecule is COc1cc(C=CC(=O)Nc2ccc(=O)n(Cc3ccccc3Cl)c2)ccc1OC(C)C. The number of amides is 1. The molecule has 0 atom stereocenters. The highest BCUT2D eigenvalue weighted by Crippen LogP contribution is 2.29. The maximum atomic E-state index is 12.4. The average molecular weight is 453 g/mol. The third-order valence-corrected chi connectivity index (χ3v) is 4.90. The van der Waals surface area contributed by atoms with E-state index in [4.69, 9.17) is 21.1 Å². The molecule has 1 N–H and O–H groups in total. The summed E-state index contributed by atoms with van der Waals surface area (Å²) in [4.78, 5) is 24.6. The van der Waals surface area contributed by atoms with Crippen molar-refractivity contribution >= 4 is 29.3 Å². The molecule has 3 rings (SSSR count). The number of nitrogens with zero attached hydrogens (tertiary/aromatic N) is 1. The van der Waals surface area contributed by atoms with E-state index in [1.165, 1.54) is 16.7 Å². The Morgan fingerprint density at radius 2 is 1.91 bits per heavy atom. The van der Waals surface area contributed by atoms with Gasteiger partial charge in [-0.2, -0.15) is 0 Å². The van der Waals surface area contributed by atoms with Crippen LogP contribution >= 0.6 is 11.6 Å². The van der Waals surface area contributed by atoms with Crippen molar-refractivity contribution in [2.45, 2.75) is 26.5 Å². The van der Waals surface area contributed by atoms with Gasteiger partial charge in [0.05, 0.1) is 25.4 Å². The number of benzene rings is 2. The van der Waals surface area contributed by atoms with E-state index in [1.54, 1.807) is 43.6 Å². The van der Waals surface area contributed by atoms with Crippen LogP contribution in [-0.4, -0.2) is 23.7 Å². The van der Waals surface area contributed by atoms with Gasteiger partial charge in [-0.15, -0.1) is 0 Å². The molecule has 1 amide bonds. The number of hydrogen-bond acceptors (Lipinski definition) is 4. The molecule has 0 saturated carbocycles. The summed E-state index contributed by atoms with van der Waals surface area (Å²) < 4.78 is 12.6. The summed E-state index contributed by atoms with van der Waals surface area (Å²) in [7, 11) is 1.57. The number of carbonyl (C=O) groups is 1. The van der Waals surface area contributed by atoms with Crippen molar-refractivity contribution in [1.29, 1.82) is 0 Å². The second kappa shape index (κ2) is 10.7. The van der Waals surface area contributed by atoms with Crippen LogP contribution in [0.25, 0.3) is 6.08 Å². The predicted molar refractivity (Wildman–Crippen MR) is 128 cm³/mol. The lowest BCUT2D eigenvalue weighted by Gasteiger charge is -2.13. The number of anilines is 1. The molecule has 0 aliphatic carbocycles. The van der Waals surface area contributed by atoms with E-state index in [0.717, 1.165) is 11.1 Å². The van der Waals surface area contributed by atoms with Gasteiger partial charge in [-0.1, -0.05) is 35.9 Å². The van der Waals surface area contributed by atoms with Crippen LogP contribution in [0.1, 0.15) is 25.0 Å². The number of rotatable bonds is 8. The molecule has 32 heavy (non-hydrogen) atoms. The Labute approximate surface area is 192 Å². The lowest BCUT2D eigenvalue weighted by atomic mass is 10.2. The quantitative estimate of drug-likeness (QED) is 0.488. The van der Waals surface area contributed by atoms with Gasteiger partial charge >= 0.3 is 0 Å². The number of nitrogens with one attached hydrogen (secondary N) is 1. The van der Waals surface area contributed by atoms with Crippen LogP contribution in [-0.2, 0) is 11.3 Å². The Kier molecular flexibility index (Phi) is 7.73. The minimum atomic E-state index is -0.325. The lowest BCUT2D eigenvalue weighted by Crippen LogP contribution is -2.20. The summed E-state index contributed by atoms with van der Waals surface area (Å²) in [5.74, 6) is 0.909. The zero-order valence-electron chi connectivity index (χ0n) is 18.2. The van der Waals surface area contributed by atoms with Crippen LogP contribution in [0.4, 0.5) is 5.69 Å². The van der Waals surface area contributed by atoms with Crippen LogP contribution < -0.4 is 20.3 Å². The van der Waals surface area contributed by atoms with Crippen molar-refractivity contribution in [3.8, 4) is 11.5 Å². The van der Waals surface area contributed by atoms with Gasteiger partial charge in [0.2, 0.25) is 5.91 Å². The van der Waals surface area contributed by atoms with E-state index in [9.17, 15) is 9.59 Å². The number of hydrogen-bond donors (Lipinski definition) is 1. The molecule has 1 aromatic heterocycles. The van der Waals surface area contributed by atoms with E-state index in [-0.39, 0.29) is 17.6 Å². The van der Waals surface area contributed by atoms with Crippen LogP contribution in [0.3, 0.4) is 0 Å². The minimum absolute atomic E-state index is 0.0252.